The molecule has 1 aliphatic carbocycles. The van der Waals surface area contributed by atoms with Gasteiger partial charge in [-0.1, -0.05) is 24.3 Å². The van der Waals surface area contributed by atoms with Gasteiger partial charge in [0.15, 0.2) is 0 Å². The maximum atomic E-state index is 12.9. The highest BCUT2D eigenvalue weighted by molar-refractivity contribution is 8.04. The van der Waals surface area contributed by atoms with Gasteiger partial charge in [-0.15, -0.1) is 11.8 Å². The minimum absolute atomic E-state index is 0.166. The fourth-order valence-electron chi connectivity index (χ4n) is 4.82. The Hall–Kier alpha value is -2.12. The van der Waals surface area contributed by atoms with Crippen LogP contribution in [0.1, 0.15) is 41.6 Å². The molecule has 0 atom stereocenters. The summed E-state index contributed by atoms with van der Waals surface area (Å²) < 4.78 is 6.48. The summed E-state index contributed by atoms with van der Waals surface area (Å²) in [4.78, 5) is 40.3. The molecule has 1 aromatic carbocycles. The molecule has 2 fully saturated rings. The van der Waals surface area contributed by atoms with Gasteiger partial charge in [0, 0.05) is 61.6 Å². The minimum Gasteiger partial charge on any atom is -0.484 e. The van der Waals surface area contributed by atoms with Crippen LogP contribution in [-0.2, 0) is 14.3 Å². The van der Waals surface area contributed by atoms with Crippen LogP contribution in [-0.4, -0.2) is 59.9 Å². The Morgan fingerprint density at radius 2 is 1.76 bits per heavy atom. The van der Waals surface area contributed by atoms with Gasteiger partial charge in [0.05, 0.1) is 13.1 Å². The lowest BCUT2D eigenvalue weighted by Gasteiger charge is -2.46. The summed E-state index contributed by atoms with van der Waals surface area (Å²) in [7, 11) is 0. The fourth-order valence-corrected chi connectivity index (χ4v) is 6.09. The molecule has 6 nitrogen and oxygen atoms in total. The smallest absolute Gasteiger partial charge is 0.243 e. The lowest BCUT2D eigenvalue weighted by Crippen LogP contribution is -2.86. The average molecular weight is 414 g/mol. The Morgan fingerprint density at radius 1 is 1.07 bits per heavy atom. The van der Waals surface area contributed by atoms with E-state index in [0.29, 0.717) is 41.0 Å². The Morgan fingerprint density at radius 3 is 2.48 bits per heavy atom. The van der Waals surface area contributed by atoms with E-state index < -0.39 is 11.6 Å². The molecular weight excluding hydrogens is 388 g/mol. The second-order valence-corrected chi connectivity index (χ2v) is 9.39. The molecule has 152 valence electrons. The van der Waals surface area contributed by atoms with Gasteiger partial charge >= 0.3 is 0 Å². The third-order valence-corrected chi connectivity index (χ3v) is 7.94. The molecule has 4 aliphatic rings. The number of thioether (sulfide) groups is 1. The van der Waals surface area contributed by atoms with Crippen LogP contribution in [0, 0.1) is 5.92 Å². The topological polar surface area (TPSA) is 80.3 Å². The van der Waals surface area contributed by atoms with Crippen molar-refractivity contribution in [3.8, 4) is 0 Å². The summed E-state index contributed by atoms with van der Waals surface area (Å²) in [6.45, 7) is 3.46. The van der Waals surface area contributed by atoms with Crippen molar-refractivity contribution in [1.82, 2.24) is 4.90 Å². The molecule has 1 amide bonds. The second kappa shape index (κ2) is 7.29. The van der Waals surface area contributed by atoms with Crippen molar-refractivity contribution in [1.29, 1.82) is 0 Å². The molecule has 1 aromatic rings. The number of benzene rings is 1. The van der Waals surface area contributed by atoms with Crippen LogP contribution in [0.15, 0.2) is 29.2 Å². The summed E-state index contributed by atoms with van der Waals surface area (Å²) in [5.74, 6) is 0.757. The molecule has 3 heterocycles. The third-order valence-electron chi connectivity index (χ3n) is 6.61. The van der Waals surface area contributed by atoms with Crippen LogP contribution in [0.2, 0.25) is 0 Å². The highest BCUT2D eigenvalue weighted by Gasteiger charge is 2.46. The zero-order valence-corrected chi connectivity index (χ0v) is 17.1. The molecule has 7 heteroatoms. The molecule has 0 radical (unpaired) electrons. The number of piperidine rings is 2. The zero-order chi connectivity index (χ0) is 20.0. The summed E-state index contributed by atoms with van der Waals surface area (Å²) in [6, 6.07) is 7.18. The van der Waals surface area contributed by atoms with E-state index in [4.69, 9.17) is 4.74 Å². The summed E-state index contributed by atoms with van der Waals surface area (Å²) in [6.07, 6.45) is 3.45. The van der Waals surface area contributed by atoms with Crippen LogP contribution >= 0.6 is 11.8 Å². The van der Waals surface area contributed by atoms with E-state index in [9.17, 15) is 14.4 Å². The van der Waals surface area contributed by atoms with Gasteiger partial charge in [0.1, 0.15) is 16.3 Å². The number of ketones is 2. The van der Waals surface area contributed by atoms with Gasteiger partial charge in [-0.3, -0.25) is 14.4 Å². The van der Waals surface area contributed by atoms with Crippen molar-refractivity contribution < 1.29 is 24.4 Å². The number of allylic oxidation sites excluding steroid dienone is 1. The zero-order valence-electron chi connectivity index (χ0n) is 16.3. The third kappa shape index (κ3) is 3.20. The van der Waals surface area contributed by atoms with Gasteiger partial charge in [-0.05, 0) is 0 Å². The normalized spacial score (nSPS) is 24.2. The van der Waals surface area contributed by atoms with Crippen molar-refractivity contribution in [3.05, 3.63) is 40.3 Å². The highest BCUT2D eigenvalue weighted by Crippen LogP contribution is 2.47. The average Bonchev–Trinajstić information content (AvgIpc) is 2.78. The first-order valence-electron chi connectivity index (χ1n) is 10.4. The van der Waals surface area contributed by atoms with Crippen LogP contribution < -0.4 is 5.32 Å². The first-order valence-corrected chi connectivity index (χ1v) is 11.4. The lowest BCUT2D eigenvalue weighted by molar-refractivity contribution is -0.664. The second-order valence-electron chi connectivity index (χ2n) is 8.40. The van der Waals surface area contributed by atoms with Gasteiger partial charge in [-0.25, -0.2) is 0 Å². The standard InChI is InChI=1S/C22H24N2O4S/c25-17-15-3-1-2-4-16(15)19-20(18(17)26)29-13-22(28-19)7-11-24(12-8-22)21(27)14-5-9-23-10-6-14/h1-4,14,23H,5-13H2/p+1. The molecular formula is C22H25N2O4S+. The number of fused-ring (bicyclic) bond motifs is 2. The van der Waals surface area contributed by atoms with Crippen molar-refractivity contribution in [2.24, 2.45) is 5.92 Å². The summed E-state index contributed by atoms with van der Waals surface area (Å²) in [5, 5.41) is 2.28. The van der Waals surface area contributed by atoms with Gasteiger partial charge in [0.2, 0.25) is 17.5 Å². The number of amides is 1. The fraction of sp³-hybridized carbons (Fsp3) is 0.500. The number of nitrogens with zero attached hydrogens (tertiary/aromatic N) is 1. The van der Waals surface area contributed by atoms with Gasteiger partial charge in [0.25, 0.3) is 0 Å². The maximum absolute atomic E-state index is 12.9. The maximum Gasteiger partial charge on any atom is 0.243 e. The number of carbonyl (C=O) groups excluding carboxylic acids is 3. The molecule has 0 bridgehead atoms. The number of carbonyl (C=O) groups is 3. The van der Waals surface area contributed by atoms with E-state index >= 15 is 0 Å². The number of ether oxygens (including phenoxy) is 1. The van der Waals surface area contributed by atoms with Crippen molar-refractivity contribution >= 4 is 35.0 Å². The van der Waals surface area contributed by atoms with Crippen molar-refractivity contribution in [2.45, 2.75) is 31.3 Å². The number of Topliss-reactive ketones (excluding diaryl/α,β-unsaturated/α-hetero) is 2. The van der Waals surface area contributed by atoms with Gasteiger partial charge < -0.3 is 15.0 Å². The first kappa shape index (κ1) is 18.9. The molecule has 0 aromatic heterocycles. The molecule has 0 saturated carbocycles. The number of hydrogen-bond donors (Lipinski definition) is 1. The van der Waals surface area contributed by atoms with E-state index in [2.05, 4.69) is 5.32 Å². The lowest BCUT2D eigenvalue weighted by atomic mass is 9.89. The Balaban J connectivity index is 1.33. The molecule has 0 unspecified atom stereocenters. The molecule has 3 aliphatic heterocycles. The van der Waals surface area contributed by atoms with E-state index in [0.717, 1.165) is 44.3 Å². The quantitative estimate of drug-likeness (QED) is 0.701. The highest BCUT2D eigenvalue weighted by atomic mass is 32.2. The van der Waals surface area contributed by atoms with Gasteiger partial charge in [-0.2, -0.15) is 0 Å². The number of nitrogens with two attached hydrogens (primary N) is 1. The van der Waals surface area contributed by atoms with E-state index in [1.807, 2.05) is 17.0 Å². The first-order chi connectivity index (χ1) is 14.1. The van der Waals surface area contributed by atoms with Crippen LogP contribution in [0.4, 0.5) is 0 Å². The largest absolute Gasteiger partial charge is 0.484 e. The van der Waals surface area contributed by atoms with Crippen LogP contribution in [0.3, 0.4) is 0 Å². The molecule has 2 N–H and O–H groups in total. The minimum atomic E-state index is -0.458. The molecule has 1 spiro atoms. The Bertz CT molecular complexity index is 911. The summed E-state index contributed by atoms with van der Waals surface area (Å²) in [5.41, 5.74) is 0.764. The van der Waals surface area contributed by atoms with Crippen LogP contribution in [0.5, 0.6) is 0 Å². The number of likely N-dealkylation sites (tertiary alicyclic amines) is 1. The van der Waals surface area contributed by atoms with Crippen molar-refractivity contribution in [3.63, 3.8) is 0 Å². The van der Waals surface area contributed by atoms with Crippen LogP contribution in [0.25, 0.3) is 5.76 Å². The van der Waals surface area contributed by atoms with E-state index in [-0.39, 0.29) is 11.5 Å². The predicted octanol–water partition coefficient (Wildman–Crippen LogP) is 1.22. The Labute approximate surface area is 174 Å². The van der Waals surface area contributed by atoms with E-state index in [1.54, 1.807) is 12.1 Å². The number of quaternary nitrogens is 1. The van der Waals surface area contributed by atoms with Crippen molar-refractivity contribution in [2.75, 3.05) is 31.9 Å². The van der Waals surface area contributed by atoms with E-state index in [1.165, 1.54) is 11.8 Å². The predicted molar refractivity (Wildman–Crippen MR) is 109 cm³/mol. The number of hydrogen-bond acceptors (Lipinski definition) is 5. The molecule has 2 saturated heterocycles. The Kier molecular flexibility index (Phi) is 4.75. The molecule has 29 heavy (non-hydrogen) atoms. The number of rotatable bonds is 1. The summed E-state index contributed by atoms with van der Waals surface area (Å²) >= 11 is 1.44. The molecule has 5 rings (SSSR count). The SMILES string of the molecule is O=C1C(=O)c2ccccc2C2=C1SCC1(CCN(C(=O)C3CC[NH2+]CC3)CC1)O2. The monoisotopic (exact) mass is 413 g/mol.